The summed E-state index contributed by atoms with van der Waals surface area (Å²) in [5, 5.41) is 12.1. The number of amides is 2. The van der Waals surface area contributed by atoms with E-state index >= 15 is 0 Å². The molecule has 0 saturated heterocycles. The molecule has 1 unspecified atom stereocenters. The molecular formula is C33H30N6O2. The Morgan fingerprint density at radius 3 is 2.61 bits per heavy atom. The summed E-state index contributed by atoms with van der Waals surface area (Å²) in [5.41, 5.74) is 4.84. The van der Waals surface area contributed by atoms with Crippen LogP contribution < -0.4 is 15.8 Å². The molecule has 2 heterocycles. The first-order valence-corrected chi connectivity index (χ1v) is 13.6. The molecule has 0 saturated carbocycles. The number of urea groups is 1. The van der Waals surface area contributed by atoms with E-state index in [2.05, 4.69) is 32.4 Å². The van der Waals surface area contributed by atoms with Gasteiger partial charge in [0.2, 0.25) is 5.56 Å². The Kier molecular flexibility index (Phi) is 8.77. The van der Waals surface area contributed by atoms with Gasteiger partial charge in [-0.05, 0) is 72.7 Å². The number of carbonyl (C=O) groups is 1. The van der Waals surface area contributed by atoms with Crippen LogP contribution in [0.2, 0.25) is 0 Å². The molecule has 1 atom stereocenters. The fraction of sp³-hybridized carbons (Fsp3) is 0.182. The lowest BCUT2D eigenvalue weighted by Gasteiger charge is -2.31. The zero-order valence-electron chi connectivity index (χ0n) is 22.5. The highest BCUT2D eigenvalue weighted by Gasteiger charge is 2.26. The van der Waals surface area contributed by atoms with Crippen LogP contribution in [0.25, 0.3) is 11.3 Å². The first-order chi connectivity index (χ1) is 20.1. The van der Waals surface area contributed by atoms with Crippen LogP contribution >= 0.6 is 0 Å². The van der Waals surface area contributed by atoms with Crippen LogP contribution in [0.3, 0.4) is 0 Å². The third-order valence-corrected chi connectivity index (χ3v) is 7.01. The molecule has 4 aromatic rings. The Morgan fingerprint density at radius 2 is 1.88 bits per heavy atom. The number of benzene rings is 2. The number of allylic oxidation sites excluding steroid dienone is 2. The minimum atomic E-state index is -0.159. The van der Waals surface area contributed by atoms with Crippen LogP contribution in [0.15, 0.2) is 113 Å². The summed E-state index contributed by atoms with van der Waals surface area (Å²) >= 11 is 0. The van der Waals surface area contributed by atoms with E-state index in [-0.39, 0.29) is 17.6 Å². The molecule has 0 fully saturated rings. The zero-order chi connectivity index (χ0) is 28.4. The van der Waals surface area contributed by atoms with Crippen molar-refractivity contribution in [2.75, 3.05) is 4.90 Å². The van der Waals surface area contributed by atoms with Crippen molar-refractivity contribution in [2.24, 2.45) is 4.99 Å². The number of nitrogens with one attached hydrogen (secondary N) is 2. The summed E-state index contributed by atoms with van der Waals surface area (Å²) in [7, 11) is 0. The second-order valence-electron chi connectivity index (χ2n) is 9.81. The third kappa shape index (κ3) is 7.22. The van der Waals surface area contributed by atoms with Gasteiger partial charge in [-0.1, -0.05) is 54.6 Å². The molecule has 1 aliphatic carbocycles. The monoisotopic (exact) mass is 542 g/mol. The van der Waals surface area contributed by atoms with Crippen molar-refractivity contribution in [3.8, 4) is 17.3 Å². The highest BCUT2D eigenvalue weighted by molar-refractivity contribution is 5.93. The topological polar surface area (TPSA) is 114 Å². The second-order valence-corrected chi connectivity index (χ2v) is 9.81. The lowest BCUT2D eigenvalue weighted by molar-refractivity contribution is 0.242. The van der Waals surface area contributed by atoms with Gasteiger partial charge in [0.15, 0.2) is 5.82 Å². The maximum absolute atomic E-state index is 13.7. The summed E-state index contributed by atoms with van der Waals surface area (Å²) < 4.78 is 0. The fourth-order valence-electron chi connectivity index (χ4n) is 4.86. The number of H-pyrrole nitrogens is 1. The highest BCUT2D eigenvalue weighted by Crippen LogP contribution is 2.29. The molecule has 2 aromatic carbocycles. The van der Waals surface area contributed by atoms with Crippen molar-refractivity contribution in [3.63, 3.8) is 0 Å². The van der Waals surface area contributed by atoms with Gasteiger partial charge in [0.25, 0.3) is 0 Å². The predicted octanol–water partition coefficient (Wildman–Crippen LogP) is 6.30. The summed E-state index contributed by atoms with van der Waals surface area (Å²) in [5.74, 6) is 0.549. The number of rotatable bonds is 7. The fourth-order valence-corrected chi connectivity index (χ4v) is 4.86. The van der Waals surface area contributed by atoms with Crippen molar-refractivity contribution in [1.29, 1.82) is 5.26 Å². The molecule has 0 bridgehead atoms. The number of aliphatic imine (C=N–C) groups is 1. The van der Waals surface area contributed by atoms with E-state index in [1.807, 2.05) is 71.8 Å². The number of pyridine rings is 2. The molecule has 5 rings (SSSR count). The molecule has 1 aliphatic rings. The van der Waals surface area contributed by atoms with Crippen LogP contribution in [0, 0.1) is 11.3 Å². The Balaban J connectivity index is 1.33. The maximum atomic E-state index is 13.7. The van der Waals surface area contributed by atoms with E-state index in [4.69, 9.17) is 5.26 Å². The average Bonchev–Trinajstić information content (AvgIpc) is 3.26. The normalized spacial score (nSPS) is 15.0. The molecule has 2 N–H and O–H groups in total. The Morgan fingerprint density at radius 1 is 1.05 bits per heavy atom. The van der Waals surface area contributed by atoms with Gasteiger partial charge < -0.3 is 10.3 Å². The molecule has 8 heteroatoms. The van der Waals surface area contributed by atoms with Gasteiger partial charge in [0.1, 0.15) is 6.07 Å². The lowest BCUT2D eigenvalue weighted by Crippen LogP contribution is -2.46. The molecule has 0 aliphatic heterocycles. The Hall–Kier alpha value is -5.29. The number of aromatic amines is 1. The molecule has 0 spiro atoms. The molecule has 8 nitrogen and oxygen atoms in total. The van der Waals surface area contributed by atoms with Crippen LogP contribution in [-0.2, 0) is 6.54 Å². The second kappa shape index (κ2) is 13.2. The van der Waals surface area contributed by atoms with Crippen LogP contribution in [0.1, 0.15) is 36.8 Å². The minimum Gasteiger partial charge on any atom is -0.334 e. The van der Waals surface area contributed by atoms with Gasteiger partial charge in [-0.3, -0.25) is 9.69 Å². The lowest BCUT2D eigenvalue weighted by atomic mass is 10.0. The van der Waals surface area contributed by atoms with Gasteiger partial charge in [0.05, 0.1) is 5.56 Å². The van der Waals surface area contributed by atoms with Crippen molar-refractivity contribution >= 4 is 23.8 Å². The number of hydrogen-bond donors (Lipinski definition) is 2. The highest BCUT2D eigenvalue weighted by atomic mass is 16.2. The van der Waals surface area contributed by atoms with Crippen LogP contribution in [-0.4, -0.2) is 28.3 Å². The van der Waals surface area contributed by atoms with Gasteiger partial charge in [-0.2, -0.15) is 5.26 Å². The number of nitrogens with zero attached hydrogens (tertiary/aromatic N) is 4. The molecule has 2 amide bonds. The van der Waals surface area contributed by atoms with E-state index in [0.29, 0.717) is 17.9 Å². The van der Waals surface area contributed by atoms with Crippen molar-refractivity contribution < 1.29 is 4.79 Å². The van der Waals surface area contributed by atoms with E-state index in [9.17, 15) is 9.59 Å². The number of anilines is 1. The Bertz CT molecular complexity index is 1630. The molecule has 204 valence electrons. The number of hydrogen-bond acceptors (Lipinski definition) is 5. The van der Waals surface area contributed by atoms with Crippen molar-refractivity contribution in [2.45, 2.75) is 38.3 Å². The molecule has 2 aromatic heterocycles. The van der Waals surface area contributed by atoms with Crippen LogP contribution in [0.4, 0.5) is 16.3 Å². The zero-order valence-corrected chi connectivity index (χ0v) is 22.5. The molecule has 0 radical (unpaired) electrons. The van der Waals surface area contributed by atoms with Crippen molar-refractivity contribution in [3.05, 3.63) is 124 Å². The summed E-state index contributed by atoms with van der Waals surface area (Å²) in [6.45, 7) is 0.431. The summed E-state index contributed by atoms with van der Waals surface area (Å²) in [4.78, 5) is 38.9. The van der Waals surface area contributed by atoms with E-state index in [0.717, 1.165) is 53.8 Å². The Labute approximate surface area is 238 Å². The predicted molar refractivity (Wildman–Crippen MR) is 161 cm³/mol. The molecular weight excluding hydrogens is 512 g/mol. The standard InChI is InChI=1S/C33H30N6O2/c34-20-26-13-19-31(36-23-26)35-21-25-8-4-9-28(16-12-25)39(33(41)37-22-24-6-2-1-3-7-24)29-17-14-27(15-18-29)30-10-5-11-32(40)38-30/h1-3,5-8,10-11,13-15,17-19,21,23,28H,4,9,12,16,22H2,(H,37,41)(H,38,40). The SMILES string of the molecule is N#Cc1ccc(N=CC2=CCCC(N(C(=O)NCc3ccccc3)c3ccc(-c4cccc(=O)[nH]4)cc3)CC2)nc1. The van der Waals surface area contributed by atoms with Gasteiger partial charge in [0, 0.05) is 42.4 Å². The van der Waals surface area contributed by atoms with Gasteiger partial charge in [-0.25, -0.2) is 14.8 Å². The third-order valence-electron chi connectivity index (χ3n) is 7.01. The number of carbonyl (C=O) groups excluding carboxylic acids is 1. The quantitative estimate of drug-likeness (QED) is 0.267. The largest absolute Gasteiger partial charge is 0.334 e. The van der Waals surface area contributed by atoms with E-state index < -0.39 is 0 Å². The minimum absolute atomic E-state index is 0.0247. The molecule has 41 heavy (non-hydrogen) atoms. The summed E-state index contributed by atoms with van der Waals surface area (Å²) in [6, 6.07) is 27.9. The number of aromatic nitrogens is 2. The van der Waals surface area contributed by atoms with Crippen molar-refractivity contribution in [1.82, 2.24) is 15.3 Å². The smallest absolute Gasteiger partial charge is 0.322 e. The van der Waals surface area contributed by atoms with E-state index in [1.165, 1.54) is 12.3 Å². The average molecular weight is 543 g/mol. The maximum Gasteiger partial charge on any atom is 0.322 e. The first-order valence-electron chi connectivity index (χ1n) is 13.6. The first kappa shape index (κ1) is 27.3. The van der Waals surface area contributed by atoms with Gasteiger partial charge in [-0.15, -0.1) is 0 Å². The number of nitriles is 1. The van der Waals surface area contributed by atoms with Crippen LogP contribution in [0.5, 0.6) is 0 Å². The van der Waals surface area contributed by atoms with E-state index in [1.54, 1.807) is 18.2 Å². The summed E-state index contributed by atoms with van der Waals surface area (Å²) in [6.07, 6.45) is 8.64. The van der Waals surface area contributed by atoms with Gasteiger partial charge >= 0.3 is 6.03 Å².